The molecule has 0 aromatic heterocycles. The summed E-state index contributed by atoms with van der Waals surface area (Å²) in [7, 11) is 1.65. The van der Waals surface area contributed by atoms with Crippen molar-refractivity contribution in [1.29, 1.82) is 0 Å². The Labute approximate surface area is 124 Å². The number of allylic oxidation sites excluding steroid dienone is 1. The first kappa shape index (κ1) is 19.4. The Morgan fingerprint density at radius 2 is 2.05 bits per heavy atom. The van der Waals surface area contributed by atoms with Crippen molar-refractivity contribution in [3.63, 3.8) is 0 Å². The molecule has 0 bridgehead atoms. The lowest BCUT2D eigenvalue weighted by Crippen LogP contribution is -2.31. The number of hydrogen-bond donors (Lipinski definition) is 1. The molecule has 1 rings (SSSR count). The van der Waals surface area contributed by atoms with Gasteiger partial charge in [-0.15, -0.1) is 0 Å². The molecule has 1 aliphatic rings. The van der Waals surface area contributed by atoms with Gasteiger partial charge in [0, 0.05) is 19.6 Å². The van der Waals surface area contributed by atoms with E-state index < -0.39 is 6.10 Å². The highest BCUT2D eigenvalue weighted by Crippen LogP contribution is 2.16. The van der Waals surface area contributed by atoms with E-state index in [9.17, 15) is 5.11 Å². The second-order valence-corrected chi connectivity index (χ2v) is 5.39. The summed E-state index contributed by atoms with van der Waals surface area (Å²) in [6, 6.07) is 0. The zero-order chi connectivity index (χ0) is 14.1. The molecule has 0 amide bonds. The van der Waals surface area contributed by atoms with Crippen LogP contribution in [0.5, 0.6) is 0 Å². The number of rotatable bonds is 1. The van der Waals surface area contributed by atoms with Gasteiger partial charge in [0.1, 0.15) is 6.10 Å². The van der Waals surface area contributed by atoms with Gasteiger partial charge in [-0.05, 0) is 26.2 Å². The van der Waals surface area contributed by atoms with Crippen LogP contribution in [0.25, 0.3) is 0 Å². The molecule has 1 aliphatic heterocycles. The fourth-order valence-corrected chi connectivity index (χ4v) is 2.33. The lowest BCUT2D eigenvalue weighted by Gasteiger charge is -2.23. The quantitative estimate of drug-likeness (QED) is 0.746. The van der Waals surface area contributed by atoms with E-state index in [0.29, 0.717) is 6.61 Å². The highest BCUT2D eigenvalue weighted by atomic mass is 16.5. The normalized spacial score (nSPS) is 34.2. The zero-order valence-corrected chi connectivity index (χ0v) is 12.5. The summed E-state index contributed by atoms with van der Waals surface area (Å²) < 4.78 is 11.0. The monoisotopic (exact) mass is 284 g/mol. The number of ether oxygens (including phenoxy) is 2. The van der Waals surface area contributed by atoms with Crippen LogP contribution in [0.15, 0.2) is 23.8 Å². The molecule has 0 aliphatic carbocycles. The standard InChI is InChI=1S/C16H28O3.CH4/c1-13-11-14(2)16(17)15(18-3)9-7-5-4-6-8-10-19-12-13;/h7,9,11,14-17H,4-6,8,10,12H2,1-3H3;1H4/b9-7+,13-11-;/t14-,15+,16+;/m1./s1. The zero-order valence-electron chi connectivity index (χ0n) is 12.5. The van der Waals surface area contributed by atoms with E-state index in [2.05, 4.69) is 12.2 Å². The third-order valence-corrected chi connectivity index (χ3v) is 3.51. The summed E-state index contributed by atoms with van der Waals surface area (Å²) in [5.74, 6) is 0.0566. The van der Waals surface area contributed by atoms with Crippen LogP contribution in [0, 0.1) is 5.92 Å². The molecule has 3 atom stereocenters. The van der Waals surface area contributed by atoms with Crippen molar-refractivity contribution in [3.05, 3.63) is 23.8 Å². The van der Waals surface area contributed by atoms with E-state index in [0.717, 1.165) is 25.9 Å². The molecule has 0 unspecified atom stereocenters. The lowest BCUT2D eigenvalue weighted by atomic mass is 9.96. The second-order valence-electron chi connectivity index (χ2n) is 5.39. The van der Waals surface area contributed by atoms with E-state index in [1.165, 1.54) is 12.0 Å². The molecule has 1 N–H and O–H groups in total. The van der Waals surface area contributed by atoms with Crippen LogP contribution in [-0.4, -0.2) is 37.6 Å². The molecule has 0 aromatic carbocycles. The van der Waals surface area contributed by atoms with Gasteiger partial charge in [0.25, 0.3) is 0 Å². The molecule has 0 spiro atoms. The first-order chi connectivity index (χ1) is 9.15. The van der Waals surface area contributed by atoms with Crippen molar-refractivity contribution >= 4 is 0 Å². The van der Waals surface area contributed by atoms with Gasteiger partial charge in [-0.3, -0.25) is 0 Å². The summed E-state index contributed by atoms with van der Waals surface area (Å²) in [5, 5.41) is 10.3. The first-order valence-corrected chi connectivity index (χ1v) is 7.27. The maximum absolute atomic E-state index is 10.3. The van der Waals surface area contributed by atoms with Crippen LogP contribution in [0.1, 0.15) is 47.0 Å². The van der Waals surface area contributed by atoms with Gasteiger partial charge < -0.3 is 14.6 Å². The van der Waals surface area contributed by atoms with Gasteiger partial charge in [-0.2, -0.15) is 0 Å². The van der Waals surface area contributed by atoms with E-state index in [4.69, 9.17) is 9.47 Å². The Kier molecular flexibility index (Phi) is 10.7. The molecule has 1 heterocycles. The largest absolute Gasteiger partial charge is 0.389 e. The third-order valence-electron chi connectivity index (χ3n) is 3.51. The molecular weight excluding hydrogens is 252 g/mol. The van der Waals surface area contributed by atoms with Crippen LogP contribution < -0.4 is 0 Å². The summed E-state index contributed by atoms with van der Waals surface area (Å²) in [6.45, 7) is 5.55. The van der Waals surface area contributed by atoms with Crippen molar-refractivity contribution < 1.29 is 14.6 Å². The second kappa shape index (κ2) is 11.1. The van der Waals surface area contributed by atoms with Gasteiger partial charge in [-0.25, -0.2) is 0 Å². The van der Waals surface area contributed by atoms with Gasteiger partial charge in [0.15, 0.2) is 0 Å². The molecule has 118 valence electrons. The van der Waals surface area contributed by atoms with Gasteiger partial charge in [0.05, 0.1) is 12.7 Å². The predicted octanol–water partition coefficient (Wildman–Crippen LogP) is 3.73. The average molecular weight is 284 g/mol. The van der Waals surface area contributed by atoms with Gasteiger partial charge >= 0.3 is 0 Å². The minimum Gasteiger partial charge on any atom is -0.389 e. The molecule has 0 radical (unpaired) electrons. The first-order valence-electron chi connectivity index (χ1n) is 7.27. The van der Waals surface area contributed by atoms with Gasteiger partial charge in [0.2, 0.25) is 0 Å². The predicted molar refractivity (Wildman–Crippen MR) is 84.9 cm³/mol. The molecule has 20 heavy (non-hydrogen) atoms. The fraction of sp³-hybridized carbons (Fsp3) is 0.765. The van der Waals surface area contributed by atoms with E-state index >= 15 is 0 Å². The average Bonchev–Trinajstić information content (AvgIpc) is 2.39. The molecule has 0 fully saturated rings. The molecule has 0 aromatic rings. The Bertz CT molecular complexity index is 297. The minimum atomic E-state index is -0.515. The Morgan fingerprint density at radius 1 is 1.30 bits per heavy atom. The van der Waals surface area contributed by atoms with Crippen molar-refractivity contribution in [3.8, 4) is 0 Å². The minimum absolute atomic E-state index is 0. The van der Waals surface area contributed by atoms with Crippen molar-refractivity contribution in [1.82, 2.24) is 0 Å². The number of aliphatic hydroxyl groups excluding tert-OH is 1. The molecule has 0 saturated heterocycles. The van der Waals surface area contributed by atoms with Crippen molar-refractivity contribution in [2.45, 2.75) is 59.2 Å². The topological polar surface area (TPSA) is 38.7 Å². The van der Waals surface area contributed by atoms with E-state index in [1.807, 2.05) is 19.9 Å². The fourth-order valence-electron chi connectivity index (χ4n) is 2.33. The Hall–Kier alpha value is -0.640. The highest BCUT2D eigenvalue weighted by Gasteiger charge is 2.21. The van der Waals surface area contributed by atoms with Crippen LogP contribution in [-0.2, 0) is 9.47 Å². The maximum atomic E-state index is 10.3. The number of methoxy groups -OCH3 is 1. The summed E-state index contributed by atoms with van der Waals surface area (Å²) in [4.78, 5) is 0. The van der Waals surface area contributed by atoms with Crippen LogP contribution >= 0.6 is 0 Å². The SMILES string of the molecule is C.CO[C@H]1/C=C/CCCCCOC/C(C)=C\[C@@H](C)[C@@H]1O. The third kappa shape index (κ3) is 7.22. The number of aliphatic hydroxyl groups is 1. The smallest absolute Gasteiger partial charge is 0.102 e. The Balaban J connectivity index is 0.00000361. The van der Waals surface area contributed by atoms with E-state index in [1.54, 1.807) is 7.11 Å². The molecule has 0 saturated carbocycles. The van der Waals surface area contributed by atoms with Crippen LogP contribution in [0.3, 0.4) is 0 Å². The van der Waals surface area contributed by atoms with Crippen molar-refractivity contribution in [2.24, 2.45) is 5.92 Å². The maximum Gasteiger partial charge on any atom is 0.102 e. The summed E-state index contributed by atoms with van der Waals surface area (Å²) in [6.07, 6.45) is 9.95. The molecule has 3 heteroatoms. The number of hydrogen-bond acceptors (Lipinski definition) is 3. The van der Waals surface area contributed by atoms with Crippen LogP contribution in [0.2, 0.25) is 0 Å². The summed E-state index contributed by atoms with van der Waals surface area (Å²) >= 11 is 0. The van der Waals surface area contributed by atoms with E-state index in [-0.39, 0.29) is 19.4 Å². The Morgan fingerprint density at radius 3 is 2.75 bits per heavy atom. The van der Waals surface area contributed by atoms with Gasteiger partial charge in [-0.1, -0.05) is 44.6 Å². The van der Waals surface area contributed by atoms with Crippen LogP contribution in [0.4, 0.5) is 0 Å². The highest BCUT2D eigenvalue weighted by molar-refractivity contribution is 5.05. The van der Waals surface area contributed by atoms with Crippen molar-refractivity contribution in [2.75, 3.05) is 20.3 Å². The summed E-state index contributed by atoms with van der Waals surface area (Å²) in [5.41, 5.74) is 1.17. The molecule has 3 nitrogen and oxygen atoms in total. The lowest BCUT2D eigenvalue weighted by molar-refractivity contribution is -0.00204. The molecular formula is C17H32O3.